The van der Waals surface area contributed by atoms with Crippen LogP contribution in [0.4, 0.5) is 15.6 Å². The third-order valence-electron chi connectivity index (χ3n) is 3.61. The summed E-state index contributed by atoms with van der Waals surface area (Å²) >= 11 is 1.69. The Labute approximate surface area is 134 Å². The number of thiazole rings is 1. The summed E-state index contributed by atoms with van der Waals surface area (Å²) in [4.78, 5) is 18.8. The van der Waals surface area contributed by atoms with E-state index in [1.165, 1.54) is 12.8 Å². The number of amides is 2. The number of benzene rings is 1. The standard InChI is InChI=1S/C16H20N4OS/c21-15(18-13-6-2-1-3-7-13)17-9-8-14-12-22-16(19-14)20-10-4-5-11-20/h1-3,6-7,12H,4-5,8-11H2,(H2,17,18,21). The van der Waals surface area contributed by atoms with Gasteiger partial charge in [-0.1, -0.05) is 18.2 Å². The monoisotopic (exact) mass is 316 g/mol. The van der Waals surface area contributed by atoms with Gasteiger partial charge in [-0.05, 0) is 25.0 Å². The summed E-state index contributed by atoms with van der Waals surface area (Å²) in [6, 6.07) is 9.25. The van der Waals surface area contributed by atoms with Gasteiger partial charge in [-0.15, -0.1) is 11.3 Å². The van der Waals surface area contributed by atoms with Crippen molar-refractivity contribution < 1.29 is 4.79 Å². The first kappa shape index (κ1) is 14.8. The lowest BCUT2D eigenvalue weighted by atomic mass is 10.3. The summed E-state index contributed by atoms with van der Waals surface area (Å²) in [6.45, 7) is 2.82. The number of nitrogens with one attached hydrogen (secondary N) is 2. The fourth-order valence-corrected chi connectivity index (χ4v) is 3.38. The summed E-state index contributed by atoms with van der Waals surface area (Å²) in [5, 5.41) is 8.86. The van der Waals surface area contributed by atoms with Crippen LogP contribution in [0.5, 0.6) is 0 Å². The van der Waals surface area contributed by atoms with E-state index in [1.54, 1.807) is 11.3 Å². The number of urea groups is 1. The maximum Gasteiger partial charge on any atom is 0.319 e. The number of hydrogen-bond acceptors (Lipinski definition) is 4. The Balaban J connectivity index is 1.42. The third-order valence-corrected chi connectivity index (χ3v) is 4.56. The predicted molar refractivity (Wildman–Crippen MR) is 90.7 cm³/mol. The maximum absolute atomic E-state index is 11.8. The number of carbonyl (C=O) groups is 1. The lowest BCUT2D eigenvalue weighted by molar-refractivity contribution is 0.252. The van der Waals surface area contributed by atoms with Crippen LogP contribution in [0.25, 0.3) is 0 Å². The van der Waals surface area contributed by atoms with E-state index in [-0.39, 0.29) is 6.03 Å². The van der Waals surface area contributed by atoms with Crippen LogP contribution in [0.2, 0.25) is 0 Å². The molecule has 1 aliphatic rings. The molecular formula is C16H20N4OS. The zero-order valence-electron chi connectivity index (χ0n) is 12.4. The van der Waals surface area contributed by atoms with E-state index < -0.39 is 0 Å². The smallest absolute Gasteiger partial charge is 0.319 e. The molecule has 6 heteroatoms. The van der Waals surface area contributed by atoms with Crippen molar-refractivity contribution >= 4 is 28.2 Å². The molecular weight excluding hydrogens is 296 g/mol. The molecule has 5 nitrogen and oxygen atoms in total. The molecule has 1 saturated heterocycles. The minimum Gasteiger partial charge on any atom is -0.348 e. The van der Waals surface area contributed by atoms with E-state index in [2.05, 4.69) is 25.9 Å². The fourth-order valence-electron chi connectivity index (χ4n) is 2.47. The summed E-state index contributed by atoms with van der Waals surface area (Å²) in [6.07, 6.45) is 3.28. The number of rotatable bonds is 5. The molecule has 1 aromatic heterocycles. The summed E-state index contributed by atoms with van der Waals surface area (Å²) in [5.74, 6) is 0. The zero-order chi connectivity index (χ0) is 15.2. The topological polar surface area (TPSA) is 57.3 Å². The number of aromatic nitrogens is 1. The average Bonchev–Trinajstić information content (AvgIpc) is 3.19. The highest BCUT2D eigenvalue weighted by molar-refractivity contribution is 7.13. The molecule has 0 saturated carbocycles. The molecule has 0 aliphatic carbocycles. The Bertz CT molecular complexity index is 608. The van der Waals surface area contributed by atoms with Crippen molar-refractivity contribution in [3.63, 3.8) is 0 Å². The molecule has 22 heavy (non-hydrogen) atoms. The van der Waals surface area contributed by atoms with Gasteiger partial charge in [0.05, 0.1) is 5.69 Å². The van der Waals surface area contributed by atoms with Gasteiger partial charge in [-0.25, -0.2) is 9.78 Å². The molecule has 2 aromatic rings. The summed E-state index contributed by atoms with van der Waals surface area (Å²) in [5.41, 5.74) is 1.84. The van der Waals surface area contributed by atoms with Gasteiger partial charge in [0, 0.05) is 37.1 Å². The summed E-state index contributed by atoms with van der Waals surface area (Å²) in [7, 11) is 0. The van der Waals surface area contributed by atoms with E-state index in [9.17, 15) is 4.79 Å². The van der Waals surface area contributed by atoms with E-state index >= 15 is 0 Å². The largest absolute Gasteiger partial charge is 0.348 e. The molecule has 2 heterocycles. The van der Waals surface area contributed by atoms with Gasteiger partial charge in [-0.2, -0.15) is 0 Å². The maximum atomic E-state index is 11.8. The normalized spacial score (nSPS) is 14.1. The second kappa shape index (κ2) is 7.26. The first-order chi connectivity index (χ1) is 10.8. The van der Waals surface area contributed by atoms with Crippen LogP contribution in [0.3, 0.4) is 0 Å². The molecule has 2 N–H and O–H groups in total. The van der Waals surface area contributed by atoms with Crippen LogP contribution < -0.4 is 15.5 Å². The summed E-state index contributed by atoms with van der Waals surface area (Å²) < 4.78 is 0. The van der Waals surface area contributed by atoms with Crippen LogP contribution in [0.1, 0.15) is 18.5 Å². The van der Waals surface area contributed by atoms with Crippen molar-refractivity contribution in [3.8, 4) is 0 Å². The van der Waals surface area contributed by atoms with Crippen molar-refractivity contribution in [2.75, 3.05) is 29.9 Å². The van der Waals surface area contributed by atoms with E-state index in [4.69, 9.17) is 0 Å². The Morgan fingerprint density at radius 1 is 1.23 bits per heavy atom. The van der Waals surface area contributed by atoms with Crippen LogP contribution in [0, 0.1) is 0 Å². The van der Waals surface area contributed by atoms with Crippen molar-refractivity contribution in [3.05, 3.63) is 41.4 Å². The van der Waals surface area contributed by atoms with Crippen molar-refractivity contribution in [1.82, 2.24) is 10.3 Å². The Morgan fingerprint density at radius 2 is 2.00 bits per heavy atom. The van der Waals surface area contributed by atoms with E-state index in [0.29, 0.717) is 6.54 Å². The highest BCUT2D eigenvalue weighted by atomic mass is 32.1. The van der Waals surface area contributed by atoms with Crippen LogP contribution in [0.15, 0.2) is 35.7 Å². The molecule has 1 fully saturated rings. The van der Waals surface area contributed by atoms with Gasteiger partial charge in [0.2, 0.25) is 0 Å². The van der Waals surface area contributed by atoms with E-state index in [0.717, 1.165) is 36.0 Å². The van der Waals surface area contributed by atoms with Crippen molar-refractivity contribution in [1.29, 1.82) is 0 Å². The Kier molecular flexibility index (Phi) is 4.90. The van der Waals surface area contributed by atoms with Gasteiger partial charge < -0.3 is 15.5 Å². The number of anilines is 2. The van der Waals surface area contributed by atoms with Crippen molar-refractivity contribution in [2.45, 2.75) is 19.3 Å². The average molecular weight is 316 g/mol. The third kappa shape index (κ3) is 3.98. The molecule has 116 valence electrons. The molecule has 3 rings (SSSR count). The molecule has 0 atom stereocenters. The predicted octanol–water partition coefficient (Wildman–Crippen LogP) is 3.11. The molecule has 0 unspecified atom stereocenters. The number of hydrogen-bond donors (Lipinski definition) is 2. The molecule has 0 spiro atoms. The Hall–Kier alpha value is -2.08. The van der Waals surface area contributed by atoms with Gasteiger partial charge >= 0.3 is 6.03 Å². The number of para-hydroxylation sites is 1. The highest BCUT2D eigenvalue weighted by Crippen LogP contribution is 2.24. The molecule has 1 aromatic carbocycles. The van der Waals surface area contributed by atoms with Gasteiger partial charge in [0.15, 0.2) is 5.13 Å². The number of carbonyl (C=O) groups excluding carboxylic acids is 1. The lowest BCUT2D eigenvalue weighted by Crippen LogP contribution is -2.30. The molecule has 2 amide bonds. The first-order valence-electron chi connectivity index (χ1n) is 7.60. The van der Waals surface area contributed by atoms with Crippen LogP contribution in [-0.4, -0.2) is 30.6 Å². The second-order valence-corrected chi connectivity index (χ2v) is 6.15. The SMILES string of the molecule is O=C(NCCc1csc(N2CCCC2)n1)Nc1ccccc1. The lowest BCUT2D eigenvalue weighted by Gasteiger charge is -2.12. The second-order valence-electron chi connectivity index (χ2n) is 5.31. The van der Waals surface area contributed by atoms with E-state index in [1.807, 2.05) is 30.3 Å². The van der Waals surface area contributed by atoms with Gasteiger partial charge in [0.1, 0.15) is 0 Å². The fraction of sp³-hybridized carbons (Fsp3) is 0.375. The quantitative estimate of drug-likeness (QED) is 0.891. The van der Waals surface area contributed by atoms with Gasteiger partial charge in [0.25, 0.3) is 0 Å². The van der Waals surface area contributed by atoms with Gasteiger partial charge in [-0.3, -0.25) is 0 Å². The molecule has 1 aliphatic heterocycles. The van der Waals surface area contributed by atoms with Crippen LogP contribution in [-0.2, 0) is 6.42 Å². The van der Waals surface area contributed by atoms with Crippen LogP contribution >= 0.6 is 11.3 Å². The minimum atomic E-state index is -0.179. The highest BCUT2D eigenvalue weighted by Gasteiger charge is 2.15. The zero-order valence-corrected chi connectivity index (χ0v) is 13.2. The Morgan fingerprint density at radius 3 is 2.77 bits per heavy atom. The molecule has 0 radical (unpaired) electrons. The molecule has 0 bridgehead atoms. The van der Waals surface area contributed by atoms with Crippen molar-refractivity contribution in [2.24, 2.45) is 0 Å². The minimum absolute atomic E-state index is 0.179. The number of nitrogens with zero attached hydrogens (tertiary/aromatic N) is 2. The first-order valence-corrected chi connectivity index (χ1v) is 8.48.